The van der Waals surface area contributed by atoms with Gasteiger partial charge in [-0.15, -0.1) is 0 Å². The first-order valence-electron chi connectivity index (χ1n) is 11.4. The van der Waals surface area contributed by atoms with Crippen LogP contribution in [0, 0.1) is 0 Å². The van der Waals surface area contributed by atoms with Crippen LogP contribution in [-0.4, -0.2) is 51.4 Å². The Morgan fingerprint density at radius 3 is 2.24 bits per heavy atom. The number of carbonyl (C=O) groups is 1. The van der Waals surface area contributed by atoms with E-state index in [1.54, 1.807) is 51.3 Å². The molecule has 2 aliphatic heterocycles. The minimum atomic E-state index is -3.22. The van der Waals surface area contributed by atoms with Crippen molar-refractivity contribution in [3.05, 3.63) is 47.5 Å². The second kappa shape index (κ2) is 9.30. The highest BCUT2D eigenvalue weighted by Crippen LogP contribution is 2.40. The maximum Gasteiger partial charge on any atom is 0.263 e. The van der Waals surface area contributed by atoms with Crippen LogP contribution in [-0.2, 0) is 14.6 Å². The summed E-state index contributed by atoms with van der Waals surface area (Å²) in [5, 5.41) is 3.57. The summed E-state index contributed by atoms with van der Waals surface area (Å²) in [7, 11) is -1.66. The molecule has 0 aliphatic carbocycles. The average Bonchev–Trinajstić information content (AvgIpc) is 3.04. The number of nitrogens with one attached hydrogen (secondary N) is 1. The number of anilines is 1. The van der Waals surface area contributed by atoms with Gasteiger partial charge in [-0.1, -0.05) is 11.6 Å². The molecule has 2 heterocycles. The maximum absolute atomic E-state index is 13.1. The lowest BCUT2D eigenvalue weighted by Gasteiger charge is -2.41. The molecule has 9 heteroatoms. The molecule has 0 aromatic heterocycles. The minimum Gasteiger partial charge on any atom is -0.497 e. The molecule has 1 N–H and O–H groups in total. The number of benzene rings is 2. The molecular formula is C25H31ClN2O5S. The molecule has 2 bridgehead atoms. The van der Waals surface area contributed by atoms with Gasteiger partial charge in [0, 0.05) is 36.1 Å². The van der Waals surface area contributed by atoms with E-state index in [2.05, 4.69) is 10.2 Å². The minimum absolute atomic E-state index is 0.0470. The molecule has 0 radical (unpaired) electrons. The molecule has 2 aromatic carbocycles. The highest BCUT2D eigenvalue weighted by molar-refractivity contribution is 7.90. The van der Waals surface area contributed by atoms with Crippen LogP contribution in [0.3, 0.4) is 0 Å². The van der Waals surface area contributed by atoms with Gasteiger partial charge in [-0.3, -0.25) is 4.79 Å². The van der Waals surface area contributed by atoms with Crippen LogP contribution in [0.1, 0.15) is 39.5 Å². The van der Waals surface area contributed by atoms with Crippen LogP contribution in [0.25, 0.3) is 0 Å². The maximum atomic E-state index is 13.1. The fraction of sp³-hybridized carbons (Fsp3) is 0.480. The summed E-state index contributed by atoms with van der Waals surface area (Å²) in [6.45, 7) is 3.46. The zero-order chi connectivity index (χ0) is 24.7. The zero-order valence-corrected chi connectivity index (χ0v) is 21.4. The molecule has 1 amide bonds. The summed E-state index contributed by atoms with van der Waals surface area (Å²) >= 11 is 6.29. The smallest absolute Gasteiger partial charge is 0.263 e. The van der Waals surface area contributed by atoms with Crippen molar-refractivity contribution in [1.82, 2.24) is 5.32 Å². The molecule has 2 aliphatic rings. The van der Waals surface area contributed by atoms with Gasteiger partial charge >= 0.3 is 0 Å². The first-order valence-corrected chi connectivity index (χ1v) is 13.7. The molecule has 184 valence electrons. The van der Waals surface area contributed by atoms with E-state index in [0.29, 0.717) is 33.5 Å². The quantitative estimate of drug-likeness (QED) is 0.605. The third-order valence-corrected chi connectivity index (χ3v) is 8.11. The van der Waals surface area contributed by atoms with Crippen molar-refractivity contribution < 1.29 is 22.7 Å². The number of carbonyl (C=O) groups excluding carboxylic acids is 1. The van der Waals surface area contributed by atoms with E-state index in [0.717, 1.165) is 31.4 Å². The van der Waals surface area contributed by atoms with Gasteiger partial charge in [-0.25, -0.2) is 8.42 Å². The summed E-state index contributed by atoms with van der Waals surface area (Å²) in [5.74, 6) is 0.859. The fourth-order valence-electron chi connectivity index (χ4n) is 4.95. The Morgan fingerprint density at radius 1 is 1.09 bits per heavy atom. The van der Waals surface area contributed by atoms with E-state index < -0.39 is 15.4 Å². The number of rotatable bonds is 7. The topological polar surface area (TPSA) is 84.9 Å². The van der Waals surface area contributed by atoms with E-state index in [1.165, 1.54) is 6.26 Å². The highest BCUT2D eigenvalue weighted by atomic mass is 35.5. The number of fused-ring (bicyclic) bond motifs is 2. The third-order valence-electron chi connectivity index (χ3n) is 6.68. The van der Waals surface area contributed by atoms with E-state index in [9.17, 15) is 13.2 Å². The largest absolute Gasteiger partial charge is 0.497 e. The molecule has 2 aromatic rings. The summed E-state index contributed by atoms with van der Waals surface area (Å²) in [6.07, 6.45) is 4.97. The zero-order valence-electron chi connectivity index (χ0n) is 19.9. The van der Waals surface area contributed by atoms with Crippen molar-refractivity contribution in [2.45, 2.75) is 68.2 Å². The molecule has 2 fully saturated rings. The molecule has 4 rings (SSSR count). The number of hydrogen-bond acceptors (Lipinski definition) is 6. The lowest BCUT2D eigenvalue weighted by molar-refractivity contribution is -0.135. The van der Waals surface area contributed by atoms with Crippen LogP contribution in [0.5, 0.6) is 11.5 Å². The van der Waals surface area contributed by atoms with Crippen LogP contribution in [0.15, 0.2) is 47.4 Å². The number of amides is 1. The lowest BCUT2D eigenvalue weighted by Crippen LogP contribution is -2.55. The number of sulfone groups is 1. The Hall–Kier alpha value is -2.45. The Morgan fingerprint density at radius 2 is 1.71 bits per heavy atom. The second-order valence-electron chi connectivity index (χ2n) is 9.61. The normalized spacial score (nSPS) is 22.4. The monoisotopic (exact) mass is 506 g/mol. The third kappa shape index (κ3) is 5.13. The molecule has 0 saturated carbocycles. The number of piperidine rings is 1. The van der Waals surface area contributed by atoms with E-state index >= 15 is 0 Å². The number of ether oxygens (including phenoxy) is 2. The van der Waals surface area contributed by atoms with Crippen molar-refractivity contribution in [3.63, 3.8) is 0 Å². The number of methoxy groups -OCH3 is 1. The molecule has 3 atom stereocenters. The van der Waals surface area contributed by atoms with E-state index in [-0.39, 0.29) is 11.9 Å². The number of halogens is 1. The summed E-state index contributed by atoms with van der Waals surface area (Å²) < 4.78 is 34.7. The summed E-state index contributed by atoms with van der Waals surface area (Å²) in [6, 6.07) is 12.8. The predicted octanol–water partition coefficient (Wildman–Crippen LogP) is 4.23. The lowest BCUT2D eigenvalue weighted by atomic mass is 9.95. The molecule has 0 spiro atoms. The van der Waals surface area contributed by atoms with E-state index in [4.69, 9.17) is 21.1 Å². The number of hydrogen-bond donors (Lipinski definition) is 1. The second-order valence-corrected chi connectivity index (χ2v) is 12.0. The predicted molar refractivity (Wildman–Crippen MR) is 133 cm³/mol. The standard InChI is InChI=1S/C25H31ClN2O5S/c1-25(2,33-23-12-9-20(32-3)15-22(23)26)24(29)27-16-13-18-5-6-19(14-16)28(18)17-7-10-21(11-8-17)34(4,30)31/h7-12,15-16,18-19H,5-6,13-14H2,1-4H3,(H,27,29)/t16?,18-,19+. The van der Waals surface area contributed by atoms with Crippen molar-refractivity contribution in [2.24, 2.45) is 0 Å². The average molecular weight is 507 g/mol. The van der Waals surface area contributed by atoms with Crippen molar-refractivity contribution in [2.75, 3.05) is 18.3 Å². The van der Waals surface area contributed by atoms with Gasteiger partial charge in [0.25, 0.3) is 5.91 Å². The van der Waals surface area contributed by atoms with Gasteiger partial charge in [0.05, 0.1) is 17.0 Å². The summed E-state index contributed by atoms with van der Waals surface area (Å²) in [5.41, 5.74) is -0.0712. The van der Waals surface area contributed by atoms with Gasteiger partial charge in [0.2, 0.25) is 0 Å². The molecular weight excluding hydrogens is 476 g/mol. The first kappa shape index (κ1) is 24.7. The molecule has 7 nitrogen and oxygen atoms in total. The van der Waals surface area contributed by atoms with E-state index in [1.807, 2.05) is 12.1 Å². The van der Waals surface area contributed by atoms with Crippen LogP contribution < -0.4 is 19.7 Å². The van der Waals surface area contributed by atoms with Crippen LogP contribution in [0.2, 0.25) is 5.02 Å². The van der Waals surface area contributed by atoms with Gasteiger partial charge in [0.1, 0.15) is 11.5 Å². The van der Waals surface area contributed by atoms with Gasteiger partial charge in [-0.2, -0.15) is 0 Å². The van der Waals surface area contributed by atoms with Crippen LogP contribution in [0.4, 0.5) is 5.69 Å². The van der Waals surface area contributed by atoms with Gasteiger partial charge < -0.3 is 19.7 Å². The Kier molecular flexibility index (Phi) is 6.75. The van der Waals surface area contributed by atoms with Crippen molar-refractivity contribution >= 4 is 33.0 Å². The number of nitrogens with zero attached hydrogens (tertiary/aromatic N) is 1. The SMILES string of the molecule is COc1ccc(OC(C)(C)C(=O)NC2C[C@H]3CC[C@@H](C2)N3c2ccc(S(C)(=O)=O)cc2)c(Cl)c1. The fourth-order valence-corrected chi connectivity index (χ4v) is 5.79. The molecule has 1 unspecified atom stereocenters. The van der Waals surface area contributed by atoms with Gasteiger partial charge in [-0.05, 0) is 75.9 Å². The summed E-state index contributed by atoms with van der Waals surface area (Å²) in [4.78, 5) is 15.8. The Bertz CT molecular complexity index is 1150. The van der Waals surface area contributed by atoms with Crippen molar-refractivity contribution in [3.8, 4) is 11.5 Å². The first-order chi connectivity index (χ1) is 16.0. The highest BCUT2D eigenvalue weighted by Gasteiger charge is 2.42. The van der Waals surface area contributed by atoms with Crippen LogP contribution >= 0.6 is 11.6 Å². The molecule has 34 heavy (non-hydrogen) atoms. The van der Waals surface area contributed by atoms with Crippen molar-refractivity contribution in [1.29, 1.82) is 0 Å². The van der Waals surface area contributed by atoms with Gasteiger partial charge in [0.15, 0.2) is 15.4 Å². The Balaban J connectivity index is 1.40. The Labute approximate surface area is 206 Å². The molecule has 2 saturated heterocycles.